The molecule has 1 aliphatic rings. The molecule has 19 heavy (non-hydrogen) atoms. The number of carbonyl (C=O) groups excluding carboxylic acids is 1. The second-order valence-corrected chi connectivity index (χ2v) is 4.96. The summed E-state index contributed by atoms with van der Waals surface area (Å²) in [5.41, 5.74) is 9.73. The summed E-state index contributed by atoms with van der Waals surface area (Å²) < 4.78 is 0. The van der Waals surface area contributed by atoms with Gasteiger partial charge in [-0.2, -0.15) is 0 Å². The molecule has 0 aliphatic heterocycles. The minimum atomic E-state index is -0.258. The molecule has 2 N–H and O–H groups in total. The summed E-state index contributed by atoms with van der Waals surface area (Å²) in [6.07, 6.45) is 7.50. The van der Waals surface area contributed by atoms with Crippen molar-refractivity contribution < 1.29 is 4.79 Å². The summed E-state index contributed by atoms with van der Waals surface area (Å²) in [7, 11) is 0. The van der Waals surface area contributed by atoms with Crippen LogP contribution >= 0.6 is 0 Å². The number of allylic oxidation sites excluding steroid dienone is 1. The van der Waals surface area contributed by atoms with Crippen LogP contribution in [0.4, 0.5) is 0 Å². The number of nitrogens with two attached hydrogens (primary N) is 1. The Balaban J connectivity index is 1.98. The molecular formula is C16H16N2O. The molecule has 1 aromatic carbocycles. The lowest BCUT2D eigenvalue weighted by atomic mass is 9.99. The smallest absolute Gasteiger partial charge is 0.217 e. The van der Waals surface area contributed by atoms with Gasteiger partial charge in [-0.25, -0.2) is 0 Å². The van der Waals surface area contributed by atoms with Gasteiger partial charge in [-0.3, -0.25) is 9.78 Å². The predicted octanol–water partition coefficient (Wildman–Crippen LogP) is 2.61. The van der Waals surface area contributed by atoms with Crippen LogP contribution in [0.2, 0.25) is 0 Å². The van der Waals surface area contributed by atoms with Crippen molar-refractivity contribution in [1.29, 1.82) is 0 Å². The van der Waals surface area contributed by atoms with Gasteiger partial charge in [0.2, 0.25) is 5.91 Å². The third kappa shape index (κ3) is 2.50. The molecule has 1 amide bonds. The van der Waals surface area contributed by atoms with Gasteiger partial charge in [-0.05, 0) is 48.6 Å². The van der Waals surface area contributed by atoms with E-state index in [-0.39, 0.29) is 5.91 Å². The van der Waals surface area contributed by atoms with Crippen LogP contribution in [0.1, 0.15) is 29.7 Å². The summed E-state index contributed by atoms with van der Waals surface area (Å²) in [4.78, 5) is 15.5. The third-order valence-corrected chi connectivity index (χ3v) is 3.50. The molecule has 0 radical (unpaired) electrons. The average Bonchev–Trinajstić information content (AvgIpc) is 2.42. The van der Waals surface area contributed by atoms with Gasteiger partial charge in [0, 0.05) is 17.5 Å². The molecule has 0 fully saturated rings. The van der Waals surface area contributed by atoms with Crippen LogP contribution in [0.5, 0.6) is 0 Å². The van der Waals surface area contributed by atoms with Crippen molar-refractivity contribution in [1.82, 2.24) is 4.98 Å². The maximum atomic E-state index is 10.8. The highest BCUT2D eigenvalue weighted by atomic mass is 16.1. The molecule has 0 saturated heterocycles. The Labute approximate surface area is 112 Å². The number of primary amides is 1. The van der Waals surface area contributed by atoms with Crippen molar-refractivity contribution in [3.05, 3.63) is 47.2 Å². The SMILES string of the molecule is NC(=O)CCc1ccc2nc3c(cc2c1)C=CCC3. The van der Waals surface area contributed by atoms with Gasteiger partial charge in [0.1, 0.15) is 0 Å². The normalized spacial score (nSPS) is 13.5. The molecule has 0 atom stereocenters. The highest BCUT2D eigenvalue weighted by Gasteiger charge is 2.08. The first-order chi connectivity index (χ1) is 9.22. The Morgan fingerprint density at radius 3 is 3.05 bits per heavy atom. The van der Waals surface area contributed by atoms with Crippen molar-refractivity contribution >= 4 is 22.9 Å². The zero-order valence-corrected chi connectivity index (χ0v) is 10.7. The number of fused-ring (bicyclic) bond motifs is 2. The fourth-order valence-corrected chi connectivity index (χ4v) is 2.48. The minimum absolute atomic E-state index is 0.258. The fraction of sp³-hybridized carbons (Fsp3) is 0.250. The Morgan fingerprint density at radius 1 is 1.32 bits per heavy atom. The number of amides is 1. The molecule has 2 aromatic rings. The highest BCUT2D eigenvalue weighted by Crippen LogP contribution is 2.23. The first-order valence-corrected chi connectivity index (χ1v) is 6.60. The van der Waals surface area contributed by atoms with Gasteiger partial charge < -0.3 is 5.73 Å². The van der Waals surface area contributed by atoms with E-state index in [0.717, 1.165) is 29.3 Å². The molecule has 3 heteroatoms. The topological polar surface area (TPSA) is 56.0 Å². The zero-order valence-electron chi connectivity index (χ0n) is 10.7. The molecule has 1 aromatic heterocycles. The largest absolute Gasteiger partial charge is 0.370 e. The number of benzene rings is 1. The molecule has 1 aliphatic carbocycles. The van der Waals surface area contributed by atoms with Crippen molar-refractivity contribution in [3.8, 4) is 0 Å². The number of aryl methyl sites for hydroxylation is 2. The van der Waals surface area contributed by atoms with Crippen molar-refractivity contribution in [2.24, 2.45) is 5.73 Å². The van der Waals surface area contributed by atoms with Gasteiger partial charge in [-0.15, -0.1) is 0 Å². The summed E-state index contributed by atoms with van der Waals surface area (Å²) in [6, 6.07) is 8.35. The molecule has 0 saturated carbocycles. The van der Waals surface area contributed by atoms with Crippen molar-refractivity contribution in [3.63, 3.8) is 0 Å². The van der Waals surface area contributed by atoms with Crippen LogP contribution in [-0.2, 0) is 17.6 Å². The zero-order chi connectivity index (χ0) is 13.2. The van der Waals surface area contributed by atoms with Crippen LogP contribution in [0.3, 0.4) is 0 Å². The second kappa shape index (κ2) is 4.84. The Bertz CT molecular complexity index is 674. The Morgan fingerprint density at radius 2 is 2.21 bits per heavy atom. The van der Waals surface area contributed by atoms with E-state index in [1.807, 2.05) is 12.1 Å². The number of pyridine rings is 1. The van der Waals surface area contributed by atoms with E-state index in [1.54, 1.807) is 0 Å². The van der Waals surface area contributed by atoms with Gasteiger partial charge in [0.05, 0.1) is 5.52 Å². The number of nitrogens with zero attached hydrogens (tertiary/aromatic N) is 1. The summed E-state index contributed by atoms with van der Waals surface area (Å²) in [6.45, 7) is 0. The van der Waals surface area contributed by atoms with Crippen molar-refractivity contribution in [2.75, 3.05) is 0 Å². The monoisotopic (exact) mass is 252 g/mol. The molecule has 3 rings (SSSR count). The highest BCUT2D eigenvalue weighted by molar-refractivity contribution is 5.83. The van der Waals surface area contributed by atoms with Gasteiger partial charge >= 0.3 is 0 Å². The standard InChI is InChI=1S/C16H16N2O/c17-16(19)8-6-11-5-7-15-13(9-11)10-12-3-1-2-4-14(12)18-15/h1,3,5,7,9-10H,2,4,6,8H2,(H2,17,19). The first kappa shape index (κ1) is 11.9. The van der Waals surface area contributed by atoms with Crippen LogP contribution in [0.15, 0.2) is 30.3 Å². The lowest BCUT2D eigenvalue weighted by Gasteiger charge is -2.11. The van der Waals surface area contributed by atoms with Crippen LogP contribution in [0, 0.1) is 0 Å². The van der Waals surface area contributed by atoms with Gasteiger partial charge in [-0.1, -0.05) is 18.2 Å². The predicted molar refractivity (Wildman–Crippen MR) is 76.6 cm³/mol. The second-order valence-electron chi connectivity index (χ2n) is 4.96. The van der Waals surface area contributed by atoms with E-state index in [0.29, 0.717) is 12.8 Å². The molecule has 0 spiro atoms. The lowest BCUT2D eigenvalue weighted by molar-refractivity contribution is -0.117. The summed E-state index contributed by atoms with van der Waals surface area (Å²) in [5, 5.41) is 1.13. The first-order valence-electron chi connectivity index (χ1n) is 6.60. The number of rotatable bonds is 3. The number of hydrogen-bond donors (Lipinski definition) is 1. The van der Waals surface area contributed by atoms with Gasteiger partial charge in [0.25, 0.3) is 0 Å². The number of hydrogen-bond acceptors (Lipinski definition) is 2. The van der Waals surface area contributed by atoms with E-state index < -0.39 is 0 Å². The van der Waals surface area contributed by atoms with E-state index in [4.69, 9.17) is 10.7 Å². The maximum absolute atomic E-state index is 10.8. The van der Waals surface area contributed by atoms with E-state index in [1.165, 1.54) is 11.3 Å². The van der Waals surface area contributed by atoms with Gasteiger partial charge in [0.15, 0.2) is 0 Å². The minimum Gasteiger partial charge on any atom is -0.370 e. The van der Waals surface area contributed by atoms with Crippen LogP contribution < -0.4 is 5.73 Å². The quantitative estimate of drug-likeness (QED) is 0.912. The van der Waals surface area contributed by atoms with Crippen LogP contribution in [-0.4, -0.2) is 10.9 Å². The third-order valence-electron chi connectivity index (χ3n) is 3.50. The van der Waals surface area contributed by atoms with E-state index in [9.17, 15) is 4.79 Å². The maximum Gasteiger partial charge on any atom is 0.217 e. The fourth-order valence-electron chi connectivity index (χ4n) is 2.48. The summed E-state index contributed by atoms with van der Waals surface area (Å²) in [5.74, 6) is -0.258. The molecule has 1 heterocycles. The van der Waals surface area contributed by atoms with Crippen molar-refractivity contribution in [2.45, 2.75) is 25.7 Å². The lowest BCUT2D eigenvalue weighted by Crippen LogP contribution is -2.11. The molecule has 0 unspecified atom stereocenters. The summed E-state index contributed by atoms with van der Waals surface area (Å²) >= 11 is 0. The number of aromatic nitrogens is 1. The molecule has 0 bridgehead atoms. The Hall–Kier alpha value is -2.16. The molecule has 3 nitrogen and oxygen atoms in total. The Kier molecular flexibility index (Phi) is 3.03. The molecular weight excluding hydrogens is 236 g/mol. The van der Waals surface area contributed by atoms with Crippen LogP contribution in [0.25, 0.3) is 17.0 Å². The van der Waals surface area contributed by atoms with E-state index in [2.05, 4.69) is 24.3 Å². The number of carbonyl (C=O) groups is 1. The van der Waals surface area contributed by atoms with E-state index >= 15 is 0 Å². The molecule has 96 valence electrons. The average molecular weight is 252 g/mol.